The first kappa shape index (κ1) is 15.3. The zero-order valence-corrected chi connectivity index (χ0v) is 12.5. The van der Waals surface area contributed by atoms with Gasteiger partial charge >= 0.3 is 6.03 Å². The average Bonchev–Trinajstić information content (AvgIpc) is 2.97. The third-order valence-corrected chi connectivity index (χ3v) is 3.57. The first-order valence-electron chi connectivity index (χ1n) is 7.30. The maximum atomic E-state index is 12.1. The van der Waals surface area contributed by atoms with Crippen LogP contribution in [-0.4, -0.2) is 41.6 Å². The van der Waals surface area contributed by atoms with Gasteiger partial charge in [0.1, 0.15) is 6.26 Å². The van der Waals surface area contributed by atoms with E-state index in [4.69, 9.17) is 0 Å². The quantitative estimate of drug-likeness (QED) is 0.884. The van der Waals surface area contributed by atoms with Crippen molar-refractivity contribution in [2.75, 3.05) is 25.0 Å². The highest BCUT2D eigenvalue weighted by atomic mass is 16.5. The van der Waals surface area contributed by atoms with E-state index >= 15 is 0 Å². The minimum Gasteiger partial charge on any atom is -0.363 e. The Hall–Kier alpha value is -2.05. The van der Waals surface area contributed by atoms with Gasteiger partial charge in [0.05, 0.1) is 0 Å². The largest absolute Gasteiger partial charge is 0.363 e. The zero-order chi connectivity index (χ0) is 15.2. The number of carbonyl (C=O) groups excluding carboxylic acids is 2. The van der Waals surface area contributed by atoms with Crippen LogP contribution in [-0.2, 0) is 4.79 Å². The second-order valence-corrected chi connectivity index (χ2v) is 5.67. The van der Waals surface area contributed by atoms with Crippen molar-refractivity contribution in [3.05, 3.63) is 12.3 Å². The third-order valence-electron chi connectivity index (χ3n) is 3.57. The Bertz CT molecular complexity index is 473. The lowest BCUT2D eigenvalue weighted by Crippen LogP contribution is -2.45. The van der Waals surface area contributed by atoms with Crippen LogP contribution in [0.2, 0.25) is 0 Å². The van der Waals surface area contributed by atoms with Gasteiger partial charge in [0.15, 0.2) is 5.82 Å². The first-order chi connectivity index (χ1) is 10.1. The molecule has 1 unspecified atom stereocenters. The number of anilines is 1. The molecule has 1 saturated heterocycles. The highest BCUT2D eigenvalue weighted by Gasteiger charge is 2.24. The van der Waals surface area contributed by atoms with Crippen molar-refractivity contribution in [2.24, 2.45) is 11.8 Å². The molecule has 1 aliphatic heterocycles. The van der Waals surface area contributed by atoms with E-state index < -0.39 is 0 Å². The van der Waals surface area contributed by atoms with Gasteiger partial charge in [-0.1, -0.05) is 19.0 Å². The molecule has 0 saturated carbocycles. The van der Waals surface area contributed by atoms with E-state index in [0.29, 0.717) is 24.8 Å². The van der Waals surface area contributed by atoms with E-state index in [9.17, 15) is 9.59 Å². The molecule has 1 atom stereocenters. The summed E-state index contributed by atoms with van der Waals surface area (Å²) < 4.78 is 4.68. The maximum Gasteiger partial charge on any atom is 0.323 e. The summed E-state index contributed by atoms with van der Waals surface area (Å²) in [5.74, 6) is 0.749. The maximum absolute atomic E-state index is 12.1. The number of carbonyl (C=O) groups is 2. The molecule has 1 aromatic heterocycles. The van der Waals surface area contributed by atoms with Gasteiger partial charge in [0, 0.05) is 31.6 Å². The van der Waals surface area contributed by atoms with E-state index in [0.717, 1.165) is 19.4 Å². The van der Waals surface area contributed by atoms with Crippen molar-refractivity contribution in [1.82, 2.24) is 15.4 Å². The summed E-state index contributed by atoms with van der Waals surface area (Å²) in [6.07, 6.45) is 3.37. The molecule has 3 amide bonds. The molecule has 2 heterocycles. The van der Waals surface area contributed by atoms with Gasteiger partial charge in [-0.25, -0.2) is 4.79 Å². The Balaban J connectivity index is 1.80. The molecule has 0 spiro atoms. The average molecular weight is 294 g/mol. The SMILES string of the molecule is CC(C)C(=O)NCC1CCCN(C(=O)Nc2ccon2)C1. The van der Waals surface area contributed by atoms with Crippen LogP contribution >= 0.6 is 0 Å². The van der Waals surface area contributed by atoms with E-state index in [2.05, 4.69) is 20.3 Å². The molecular formula is C14H22N4O3. The topological polar surface area (TPSA) is 87.5 Å². The molecule has 7 heteroatoms. The number of amides is 3. The normalized spacial score (nSPS) is 18.6. The molecule has 1 fully saturated rings. The van der Waals surface area contributed by atoms with Gasteiger partial charge in [-0.15, -0.1) is 0 Å². The standard InChI is InChI=1S/C14H22N4O3/c1-10(2)13(19)15-8-11-4-3-6-18(9-11)14(20)16-12-5-7-21-17-12/h5,7,10-11H,3-4,6,8-9H2,1-2H3,(H,15,19)(H,16,17,20). The van der Waals surface area contributed by atoms with Crippen molar-refractivity contribution in [1.29, 1.82) is 0 Å². The Kier molecular flexibility index (Phi) is 5.19. The van der Waals surface area contributed by atoms with Crippen LogP contribution in [0.1, 0.15) is 26.7 Å². The number of hydrogen-bond acceptors (Lipinski definition) is 4. The van der Waals surface area contributed by atoms with E-state index in [-0.39, 0.29) is 17.9 Å². The molecule has 2 rings (SSSR count). The summed E-state index contributed by atoms with van der Waals surface area (Å²) >= 11 is 0. The van der Waals surface area contributed by atoms with Gasteiger partial charge in [-0.3, -0.25) is 10.1 Å². The number of piperidine rings is 1. The molecule has 0 radical (unpaired) electrons. The smallest absolute Gasteiger partial charge is 0.323 e. The lowest BCUT2D eigenvalue weighted by Gasteiger charge is -2.32. The Labute approximate surface area is 124 Å². The second kappa shape index (κ2) is 7.10. The molecule has 116 valence electrons. The van der Waals surface area contributed by atoms with Crippen LogP contribution in [0.15, 0.2) is 16.9 Å². The van der Waals surface area contributed by atoms with E-state index in [1.165, 1.54) is 6.26 Å². The second-order valence-electron chi connectivity index (χ2n) is 5.67. The van der Waals surface area contributed by atoms with Gasteiger partial charge in [0.25, 0.3) is 0 Å². The number of urea groups is 1. The Morgan fingerprint density at radius 3 is 3.00 bits per heavy atom. The molecule has 1 aromatic rings. The first-order valence-corrected chi connectivity index (χ1v) is 7.30. The van der Waals surface area contributed by atoms with Crippen LogP contribution < -0.4 is 10.6 Å². The lowest BCUT2D eigenvalue weighted by molar-refractivity contribution is -0.124. The molecule has 0 aromatic carbocycles. The summed E-state index contributed by atoms with van der Waals surface area (Å²) in [6, 6.07) is 1.42. The van der Waals surface area contributed by atoms with Crippen molar-refractivity contribution < 1.29 is 14.1 Å². The summed E-state index contributed by atoms with van der Waals surface area (Å²) in [5.41, 5.74) is 0. The highest BCUT2D eigenvalue weighted by Crippen LogP contribution is 2.17. The summed E-state index contributed by atoms with van der Waals surface area (Å²) in [6.45, 7) is 5.72. The van der Waals surface area contributed by atoms with E-state index in [1.807, 2.05) is 13.8 Å². The molecular weight excluding hydrogens is 272 g/mol. The predicted molar refractivity (Wildman–Crippen MR) is 77.7 cm³/mol. The number of hydrogen-bond donors (Lipinski definition) is 2. The monoisotopic (exact) mass is 294 g/mol. The summed E-state index contributed by atoms with van der Waals surface area (Å²) in [5, 5.41) is 9.28. The number of aromatic nitrogens is 1. The molecule has 2 N–H and O–H groups in total. The Morgan fingerprint density at radius 1 is 1.52 bits per heavy atom. The van der Waals surface area contributed by atoms with Gasteiger partial charge in [0.2, 0.25) is 5.91 Å². The number of likely N-dealkylation sites (tertiary alicyclic amines) is 1. The van der Waals surface area contributed by atoms with Crippen LogP contribution in [0.4, 0.5) is 10.6 Å². The van der Waals surface area contributed by atoms with Crippen molar-refractivity contribution in [2.45, 2.75) is 26.7 Å². The van der Waals surface area contributed by atoms with Gasteiger partial charge in [-0.05, 0) is 18.8 Å². The summed E-state index contributed by atoms with van der Waals surface area (Å²) in [4.78, 5) is 25.4. The van der Waals surface area contributed by atoms with E-state index in [1.54, 1.807) is 11.0 Å². The van der Waals surface area contributed by atoms with Gasteiger partial charge < -0.3 is 14.7 Å². The van der Waals surface area contributed by atoms with Crippen molar-refractivity contribution in [3.8, 4) is 0 Å². The van der Waals surface area contributed by atoms with Crippen molar-refractivity contribution in [3.63, 3.8) is 0 Å². The fourth-order valence-corrected chi connectivity index (χ4v) is 2.33. The minimum absolute atomic E-state index is 0.0137. The number of nitrogens with one attached hydrogen (secondary N) is 2. The number of rotatable bonds is 4. The Morgan fingerprint density at radius 2 is 2.33 bits per heavy atom. The molecule has 1 aliphatic rings. The molecule has 0 aliphatic carbocycles. The molecule has 21 heavy (non-hydrogen) atoms. The third kappa shape index (κ3) is 4.47. The predicted octanol–water partition coefficient (Wildman–Crippen LogP) is 1.69. The fourth-order valence-electron chi connectivity index (χ4n) is 2.33. The van der Waals surface area contributed by atoms with Crippen LogP contribution in [0.5, 0.6) is 0 Å². The van der Waals surface area contributed by atoms with Crippen LogP contribution in [0.3, 0.4) is 0 Å². The zero-order valence-electron chi connectivity index (χ0n) is 12.5. The number of nitrogens with zero attached hydrogens (tertiary/aromatic N) is 2. The highest BCUT2D eigenvalue weighted by molar-refractivity contribution is 5.88. The lowest BCUT2D eigenvalue weighted by atomic mass is 9.98. The molecule has 0 bridgehead atoms. The summed E-state index contributed by atoms with van der Waals surface area (Å²) in [7, 11) is 0. The fraction of sp³-hybridized carbons (Fsp3) is 0.643. The molecule has 7 nitrogen and oxygen atoms in total. The minimum atomic E-state index is -0.177. The van der Waals surface area contributed by atoms with Crippen LogP contribution in [0, 0.1) is 11.8 Å². The van der Waals surface area contributed by atoms with Crippen molar-refractivity contribution >= 4 is 17.8 Å². The van der Waals surface area contributed by atoms with Crippen LogP contribution in [0.25, 0.3) is 0 Å². The van der Waals surface area contributed by atoms with Gasteiger partial charge in [-0.2, -0.15) is 0 Å².